The van der Waals surface area contributed by atoms with Gasteiger partial charge >= 0.3 is 0 Å². The minimum absolute atomic E-state index is 0.0252. The molecule has 0 spiro atoms. The summed E-state index contributed by atoms with van der Waals surface area (Å²) in [7, 11) is 0. The van der Waals surface area contributed by atoms with Gasteiger partial charge in [-0.15, -0.1) is 22.9 Å². The highest BCUT2D eigenvalue weighted by Crippen LogP contribution is 2.19. The number of benzene rings is 1. The Labute approximate surface area is 170 Å². The molecular weight excluding hydrogens is 380 g/mol. The number of nitrogens with zero attached hydrogens (tertiary/aromatic N) is 2. The van der Waals surface area contributed by atoms with E-state index in [0.29, 0.717) is 13.1 Å². The summed E-state index contributed by atoms with van der Waals surface area (Å²) >= 11 is 7.45. The first-order valence-electron chi connectivity index (χ1n) is 9.17. The Hall–Kier alpha value is -1.85. The number of amides is 2. The molecule has 0 aliphatic heterocycles. The number of rotatable bonds is 9. The maximum Gasteiger partial charge on any atom is 0.242 e. The lowest BCUT2D eigenvalue weighted by Crippen LogP contribution is -2.46. The smallest absolute Gasteiger partial charge is 0.242 e. The van der Waals surface area contributed by atoms with Crippen LogP contribution in [0.1, 0.15) is 35.6 Å². The van der Waals surface area contributed by atoms with Crippen molar-refractivity contribution in [2.24, 2.45) is 0 Å². The molecular formula is C21H27ClN2O2S. The minimum Gasteiger partial charge on any atom is -0.332 e. The first-order valence-corrected chi connectivity index (χ1v) is 10.5. The number of hydrogen-bond donors (Lipinski definition) is 0. The molecule has 0 saturated heterocycles. The molecule has 0 aliphatic carbocycles. The van der Waals surface area contributed by atoms with E-state index in [1.54, 1.807) is 16.2 Å². The van der Waals surface area contributed by atoms with Crippen LogP contribution >= 0.6 is 22.9 Å². The molecule has 2 aromatic rings. The van der Waals surface area contributed by atoms with E-state index in [4.69, 9.17) is 11.6 Å². The molecule has 0 N–H and O–H groups in total. The van der Waals surface area contributed by atoms with Crippen molar-refractivity contribution in [2.75, 3.05) is 12.4 Å². The van der Waals surface area contributed by atoms with Crippen molar-refractivity contribution in [3.8, 4) is 0 Å². The van der Waals surface area contributed by atoms with Crippen LogP contribution in [0.3, 0.4) is 0 Å². The topological polar surface area (TPSA) is 40.6 Å². The summed E-state index contributed by atoms with van der Waals surface area (Å²) < 4.78 is 0. The zero-order valence-corrected chi connectivity index (χ0v) is 17.7. The van der Waals surface area contributed by atoms with Crippen molar-refractivity contribution in [3.05, 3.63) is 57.8 Å². The largest absolute Gasteiger partial charge is 0.332 e. The van der Waals surface area contributed by atoms with Crippen LogP contribution in [0.15, 0.2) is 42.5 Å². The Morgan fingerprint density at radius 1 is 1.07 bits per heavy atom. The Balaban J connectivity index is 2.19. The maximum atomic E-state index is 13.1. The molecule has 0 unspecified atom stereocenters. The second-order valence-corrected chi connectivity index (χ2v) is 8.30. The number of alkyl halides is 1. The summed E-state index contributed by atoms with van der Waals surface area (Å²) in [5.41, 5.74) is 1.07. The lowest BCUT2D eigenvalue weighted by molar-refractivity contribution is -0.141. The maximum absolute atomic E-state index is 13.1. The SMILES string of the molecule is CC[C@@H](C)N(CC(=O)N(Cc1ccccc1)Cc1ccc(C)s1)C(=O)CCl. The first kappa shape index (κ1) is 21.5. The molecule has 1 aromatic carbocycles. The van der Waals surface area contributed by atoms with Crippen molar-refractivity contribution in [2.45, 2.75) is 46.3 Å². The minimum atomic E-state index is -0.203. The third-order valence-corrected chi connectivity index (χ3v) is 5.79. The summed E-state index contributed by atoms with van der Waals surface area (Å²) in [6, 6.07) is 14.0. The lowest BCUT2D eigenvalue weighted by atomic mass is 10.2. The van der Waals surface area contributed by atoms with Crippen LogP contribution in [0.25, 0.3) is 0 Å². The summed E-state index contributed by atoms with van der Waals surface area (Å²) in [5, 5.41) is 0. The standard InChI is InChI=1S/C21H27ClN2O2S/c1-4-16(2)24(20(25)12-22)15-21(26)23(13-18-8-6-5-7-9-18)14-19-11-10-17(3)27-19/h5-11,16H,4,12-15H2,1-3H3/t16-/m1/s1. The van der Waals surface area contributed by atoms with E-state index in [2.05, 4.69) is 19.1 Å². The summed E-state index contributed by atoms with van der Waals surface area (Å²) in [5.74, 6) is -0.380. The normalized spacial score (nSPS) is 11.9. The molecule has 1 aromatic heterocycles. The van der Waals surface area contributed by atoms with E-state index in [0.717, 1.165) is 16.9 Å². The molecule has 146 valence electrons. The Morgan fingerprint density at radius 2 is 1.78 bits per heavy atom. The third kappa shape index (κ3) is 6.36. The van der Waals surface area contributed by atoms with E-state index in [1.165, 1.54) is 4.88 Å². The fourth-order valence-corrected chi connectivity index (χ4v) is 3.89. The average molecular weight is 407 g/mol. The fourth-order valence-electron chi connectivity index (χ4n) is 2.83. The van der Waals surface area contributed by atoms with Crippen molar-refractivity contribution >= 4 is 34.8 Å². The number of halogens is 1. The molecule has 2 amide bonds. The molecule has 1 atom stereocenters. The van der Waals surface area contributed by atoms with Crippen LogP contribution in [0.2, 0.25) is 0 Å². The van der Waals surface area contributed by atoms with Crippen LogP contribution in [-0.4, -0.2) is 40.1 Å². The molecule has 0 fully saturated rings. The average Bonchev–Trinajstić information content (AvgIpc) is 3.09. The first-order chi connectivity index (χ1) is 12.9. The predicted octanol–water partition coefficient (Wildman–Crippen LogP) is 4.45. The molecule has 2 rings (SSSR count). The molecule has 0 saturated carbocycles. The Bertz CT molecular complexity index is 748. The monoisotopic (exact) mass is 406 g/mol. The van der Waals surface area contributed by atoms with Gasteiger partial charge in [0.2, 0.25) is 11.8 Å². The number of aryl methyl sites for hydroxylation is 1. The number of hydrogen-bond acceptors (Lipinski definition) is 3. The zero-order chi connectivity index (χ0) is 19.8. The number of carbonyl (C=O) groups excluding carboxylic acids is 2. The van der Waals surface area contributed by atoms with Gasteiger partial charge in [0.1, 0.15) is 12.4 Å². The van der Waals surface area contributed by atoms with E-state index in [1.807, 2.05) is 49.1 Å². The van der Waals surface area contributed by atoms with E-state index in [9.17, 15) is 9.59 Å². The molecule has 0 radical (unpaired) electrons. The van der Waals surface area contributed by atoms with Gasteiger partial charge in [0.05, 0.1) is 6.54 Å². The van der Waals surface area contributed by atoms with Gasteiger partial charge in [0.15, 0.2) is 0 Å². The van der Waals surface area contributed by atoms with E-state index in [-0.39, 0.29) is 30.3 Å². The van der Waals surface area contributed by atoms with Gasteiger partial charge in [0.25, 0.3) is 0 Å². The Morgan fingerprint density at radius 3 is 2.33 bits per heavy atom. The van der Waals surface area contributed by atoms with E-state index >= 15 is 0 Å². The van der Waals surface area contributed by atoms with Crippen LogP contribution in [0, 0.1) is 6.92 Å². The van der Waals surface area contributed by atoms with Gasteiger partial charge in [-0.3, -0.25) is 9.59 Å². The fraction of sp³-hybridized carbons (Fsp3) is 0.429. The predicted molar refractivity (Wildman–Crippen MR) is 112 cm³/mol. The van der Waals surface area contributed by atoms with Gasteiger partial charge < -0.3 is 9.80 Å². The van der Waals surface area contributed by atoms with Crippen LogP contribution in [0.4, 0.5) is 0 Å². The highest BCUT2D eigenvalue weighted by Gasteiger charge is 2.24. The second kappa shape index (κ2) is 10.5. The van der Waals surface area contributed by atoms with Crippen molar-refractivity contribution in [3.63, 3.8) is 0 Å². The molecule has 4 nitrogen and oxygen atoms in total. The van der Waals surface area contributed by atoms with Crippen molar-refractivity contribution in [1.82, 2.24) is 9.80 Å². The molecule has 27 heavy (non-hydrogen) atoms. The summed E-state index contributed by atoms with van der Waals surface area (Å²) in [6.45, 7) is 7.11. The van der Waals surface area contributed by atoms with Gasteiger partial charge in [-0.2, -0.15) is 0 Å². The van der Waals surface area contributed by atoms with E-state index < -0.39 is 0 Å². The zero-order valence-electron chi connectivity index (χ0n) is 16.2. The molecule has 0 aliphatic rings. The molecule has 6 heteroatoms. The van der Waals surface area contributed by atoms with Crippen molar-refractivity contribution < 1.29 is 9.59 Å². The van der Waals surface area contributed by atoms with Gasteiger partial charge in [-0.05, 0) is 38.0 Å². The molecule has 0 bridgehead atoms. The quantitative estimate of drug-likeness (QED) is 0.577. The lowest BCUT2D eigenvalue weighted by Gasteiger charge is -2.31. The summed E-state index contributed by atoms with van der Waals surface area (Å²) in [4.78, 5) is 31.1. The number of carbonyl (C=O) groups is 2. The van der Waals surface area contributed by atoms with Gasteiger partial charge in [0, 0.05) is 22.3 Å². The van der Waals surface area contributed by atoms with Crippen molar-refractivity contribution in [1.29, 1.82) is 0 Å². The Kier molecular flexibility index (Phi) is 8.32. The van der Waals surface area contributed by atoms with Crippen LogP contribution < -0.4 is 0 Å². The van der Waals surface area contributed by atoms with Gasteiger partial charge in [-0.25, -0.2) is 0 Å². The number of thiophene rings is 1. The van der Waals surface area contributed by atoms with Gasteiger partial charge in [-0.1, -0.05) is 37.3 Å². The second-order valence-electron chi connectivity index (χ2n) is 6.66. The van der Waals surface area contributed by atoms with Crippen LogP contribution in [0.5, 0.6) is 0 Å². The summed E-state index contributed by atoms with van der Waals surface area (Å²) in [6.07, 6.45) is 0.777. The third-order valence-electron chi connectivity index (χ3n) is 4.57. The van der Waals surface area contributed by atoms with Crippen LogP contribution in [-0.2, 0) is 22.7 Å². The highest BCUT2D eigenvalue weighted by atomic mass is 35.5. The highest BCUT2D eigenvalue weighted by molar-refractivity contribution is 7.11. The molecule has 1 heterocycles.